The van der Waals surface area contributed by atoms with E-state index < -0.39 is 0 Å². The molecule has 0 saturated carbocycles. The van der Waals surface area contributed by atoms with Crippen molar-refractivity contribution in [3.8, 4) is 0 Å². The Morgan fingerprint density at radius 3 is 2.90 bits per heavy atom. The van der Waals surface area contributed by atoms with Crippen molar-refractivity contribution in [1.82, 2.24) is 20.2 Å². The molecule has 0 atom stereocenters. The molecule has 0 radical (unpaired) electrons. The van der Waals surface area contributed by atoms with Gasteiger partial charge in [0.05, 0.1) is 11.6 Å². The molecule has 2 aromatic heterocycles. The fourth-order valence-corrected chi connectivity index (χ4v) is 2.27. The van der Waals surface area contributed by atoms with Gasteiger partial charge in [0, 0.05) is 16.7 Å². The van der Waals surface area contributed by atoms with Gasteiger partial charge in [0.15, 0.2) is 5.65 Å². The van der Waals surface area contributed by atoms with Crippen LogP contribution in [0.15, 0.2) is 28.9 Å². The third-order valence-electron chi connectivity index (χ3n) is 3.07. The SMILES string of the molecule is CCNc1nc(Nc2ccc(Br)c(C)c2)c2cn[nH]c2n1. The highest BCUT2D eigenvalue weighted by atomic mass is 79.9. The number of hydrogen-bond acceptors (Lipinski definition) is 5. The van der Waals surface area contributed by atoms with Crippen molar-refractivity contribution >= 4 is 44.4 Å². The van der Waals surface area contributed by atoms with Crippen LogP contribution in [-0.4, -0.2) is 26.7 Å². The molecule has 0 aliphatic carbocycles. The molecule has 0 aliphatic heterocycles. The number of halogens is 1. The van der Waals surface area contributed by atoms with Crippen LogP contribution in [0.25, 0.3) is 11.0 Å². The minimum atomic E-state index is 0.575. The number of aromatic nitrogens is 4. The highest BCUT2D eigenvalue weighted by Gasteiger charge is 2.09. The molecule has 0 unspecified atom stereocenters. The van der Waals surface area contributed by atoms with Gasteiger partial charge in [0.25, 0.3) is 0 Å². The molecule has 108 valence electrons. The zero-order chi connectivity index (χ0) is 14.8. The molecular formula is C14H15BrN6. The Kier molecular flexibility index (Phi) is 3.74. The van der Waals surface area contributed by atoms with Gasteiger partial charge in [-0.3, -0.25) is 5.10 Å². The van der Waals surface area contributed by atoms with Crippen molar-refractivity contribution in [2.24, 2.45) is 0 Å². The molecule has 0 fully saturated rings. The van der Waals surface area contributed by atoms with E-state index in [1.807, 2.05) is 26.0 Å². The molecule has 0 bridgehead atoms. The third kappa shape index (κ3) is 2.82. The first-order valence-electron chi connectivity index (χ1n) is 6.65. The maximum atomic E-state index is 4.51. The first kappa shape index (κ1) is 13.8. The molecule has 0 aliphatic rings. The van der Waals surface area contributed by atoms with E-state index >= 15 is 0 Å². The fraction of sp³-hybridized carbons (Fsp3) is 0.214. The van der Waals surface area contributed by atoms with E-state index in [9.17, 15) is 0 Å². The number of fused-ring (bicyclic) bond motifs is 1. The lowest BCUT2D eigenvalue weighted by Crippen LogP contribution is -2.04. The van der Waals surface area contributed by atoms with Gasteiger partial charge in [0.1, 0.15) is 5.82 Å². The topological polar surface area (TPSA) is 78.5 Å². The van der Waals surface area contributed by atoms with Crippen molar-refractivity contribution < 1.29 is 0 Å². The van der Waals surface area contributed by atoms with Gasteiger partial charge in [0.2, 0.25) is 5.95 Å². The number of aromatic amines is 1. The molecule has 3 aromatic rings. The fourth-order valence-electron chi connectivity index (χ4n) is 2.03. The zero-order valence-electron chi connectivity index (χ0n) is 11.7. The van der Waals surface area contributed by atoms with E-state index in [4.69, 9.17) is 0 Å². The molecule has 7 heteroatoms. The molecule has 1 aromatic carbocycles. The van der Waals surface area contributed by atoms with Crippen LogP contribution in [0.2, 0.25) is 0 Å². The number of anilines is 3. The molecule has 6 nitrogen and oxygen atoms in total. The van der Waals surface area contributed by atoms with Crippen LogP contribution in [0.5, 0.6) is 0 Å². The van der Waals surface area contributed by atoms with Crippen LogP contribution < -0.4 is 10.6 Å². The molecule has 2 heterocycles. The summed E-state index contributed by atoms with van der Waals surface area (Å²) in [7, 11) is 0. The predicted molar refractivity (Wildman–Crippen MR) is 88.0 cm³/mol. The average Bonchev–Trinajstić information content (AvgIpc) is 2.92. The van der Waals surface area contributed by atoms with Gasteiger partial charge in [-0.25, -0.2) is 0 Å². The largest absolute Gasteiger partial charge is 0.354 e. The molecule has 21 heavy (non-hydrogen) atoms. The lowest BCUT2D eigenvalue weighted by molar-refractivity contribution is 1.07. The second kappa shape index (κ2) is 5.69. The molecule has 0 spiro atoms. The summed E-state index contributed by atoms with van der Waals surface area (Å²) in [5.74, 6) is 1.30. The zero-order valence-corrected chi connectivity index (χ0v) is 13.3. The van der Waals surface area contributed by atoms with E-state index in [1.54, 1.807) is 6.20 Å². The van der Waals surface area contributed by atoms with Crippen LogP contribution in [-0.2, 0) is 0 Å². The van der Waals surface area contributed by atoms with Gasteiger partial charge in [-0.05, 0) is 37.6 Å². The maximum absolute atomic E-state index is 4.51. The Bertz CT molecular complexity index is 782. The van der Waals surface area contributed by atoms with Crippen LogP contribution in [0.4, 0.5) is 17.5 Å². The lowest BCUT2D eigenvalue weighted by atomic mass is 10.2. The second-order valence-corrected chi connectivity index (χ2v) is 5.50. The van der Waals surface area contributed by atoms with Gasteiger partial charge < -0.3 is 10.6 Å². The first-order valence-corrected chi connectivity index (χ1v) is 7.45. The van der Waals surface area contributed by atoms with Crippen molar-refractivity contribution in [1.29, 1.82) is 0 Å². The highest BCUT2D eigenvalue weighted by Crippen LogP contribution is 2.26. The normalized spacial score (nSPS) is 10.8. The van der Waals surface area contributed by atoms with Crippen LogP contribution >= 0.6 is 15.9 Å². The first-order chi connectivity index (χ1) is 10.2. The number of nitrogens with zero attached hydrogens (tertiary/aromatic N) is 3. The van der Waals surface area contributed by atoms with Crippen LogP contribution in [0.1, 0.15) is 12.5 Å². The van der Waals surface area contributed by atoms with Gasteiger partial charge in [-0.1, -0.05) is 15.9 Å². The Labute approximate surface area is 130 Å². The predicted octanol–water partition coefficient (Wildman–Crippen LogP) is 3.60. The summed E-state index contributed by atoms with van der Waals surface area (Å²) in [6, 6.07) is 6.07. The highest BCUT2D eigenvalue weighted by molar-refractivity contribution is 9.10. The summed E-state index contributed by atoms with van der Waals surface area (Å²) in [5, 5.41) is 14.2. The van der Waals surface area contributed by atoms with E-state index in [1.165, 1.54) is 0 Å². The number of rotatable bonds is 4. The van der Waals surface area contributed by atoms with Gasteiger partial charge >= 0.3 is 0 Å². The second-order valence-electron chi connectivity index (χ2n) is 4.65. The van der Waals surface area contributed by atoms with Crippen molar-refractivity contribution in [2.75, 3.05) is 17.2 Å². The number of aryl methyl sites for hydroxylation is 1. The molecule has 0 saturated heterocycles. The Balaban J connectivity index is 2.01. The summed E-state index contributed by atoms with van der Waals surface area (Å²) < 4.78 is 1.08. The summed E-state index contributed by atoms with van der Waals surface area (Å²) in [4.78, 5) is 8.88. The number of H-pyrrole nitrogens is 1. The smallest absolute Gasteiger partial charge is 0.226 e. The van der Waals surface area contributed by atoms with Gasteiger partial charge in [-0.2, -0.15) is 15.1 Å². The molecule has 3 rings (SSSR count). The molecule has 0 amide bonds. The third-order valence-corrected chi connectivity index (χ3v) is 3.96. The number of nitrogens with one attached hydrogen (secondary N) is 3. The van der Waals surface area contributed by atoms with E-state index in [0.29, 0.717) is 11.6 Å². The lowest BCUT2D eigenvalue weighted by Gasteiger charge is -2.10. The number of hydrogen-bond donors (Lipinski definition) is 3. The summed E-state index contributed by atoms with van der Waals surface area (Å²) >= 11 is 3.50. The van der Waals surface area contributed by atoms with Crippen LogP contribution in [0, 0.1) is 6.92 Å². The van der Waals surface area contributed by atoms with E-state index in [2.05, 4.69) is 52.8 Å². The minimum Gasteiger partial charge on any atom is -0.354 e. The minimum absolute atomic E-state index is 0.575. The average molecular weight is 347 g/mol. The quantitative estimate of drug-likeness (QED) is 0.672. The maximum Gasteiger partial charge on any atom is 0.226 e. The number of benzene rings is 1. The standard InChI is InChI=1S/C14H15BrN6/c1-3-16-14-19-12(10-7-17-21-13(10)20-14)18-9-4-5-11(15)8(2)6-9/h4-7H,3H2,1-2H3,(H3,16,17,18,19,20,21). The molecular weight excluding hydrogens is 332 g/mol. The monoisotopic (exact) mass is 346 g/mol. The Morgan fingerprint density at radius 2 is 2.14 bits per heavy atom. The van der Waals surface area contributed by atoms with Crippen molar-refractivity contribution in [3.05, 3.63) is 34.4 Å². The summed E-state index contributed by atoms with van der Waals surface area (Å²) in [6.45, 7) is 4.81. The summed E-state index contributed by atoms with van der Waals surface area (Å²) in [5.41, 5.74) is 2.83. The van der Waals surface area contributed by atoms with E-state index in [0.717, 1.165) is 33.5 Å². The molecule has 3 N–H and O–H groups in total. The Morgan fingerprint density at radius 1 is 1.29 bits per heavy atom. The van der Waals surface area contributed by atoms with Crippen LogP contribution in [0.3, 0.4) is 0 Å². The van der Waals surface area contributed by atoms with Gasteiger partial charge in [-0.15, -0.1) is 0 Å². The van der Waals surface area contributed by atoms with Crippen molar-refractivity contribution in [2.45, 2.75) is 13.8 Å². The summed E-state index contributed by atoms with van der Waals surface area (Å²) in [6.07, 6.45) is 1.72. The van der Waals surface area contributed by atoms with E-state index in [-0.39, 0.29) is 0 Å². The van der Waals surface area contributed by atoms with Crippen molar-refractivity contribution in [3.63, 3.8) is 0 Å². The Hall–Kier alpha value is -2.15.